The molecule has 2 nitrogen and oxygen atoms in total. The largest absolute Gasteiger partial charge is 0.496 e. The van der Waals surface area contributed by atoms with E-state index in [1.54, 1.807) is 6.07 Å². The number of hydrogen-bond acceptors (Lipinski definition) is 2. The van der Waals surface area contributed by atoms with Crippen LogP contribution in [0.2, 0.25) is 5.02 Å². The van der Waals surface area contributed by atoms with Crippen LogP contribution in [0.5, 0.6) is 5.75 Å². The van der Waals surface area contributed by atoms with E-state index in [1.807, 2.05) is 32.2 Å². The Hall–Kier alpha value is -1.10. The highest BCUT2D eigenvalue weighted by molar-refractivity contribution is 9.10. The minimum absolute atomic E-state index is 0.144. The van der Waals surface area contributed by atoms with Crippen molar-refractivity contribution in [2.45, 2.75) is 13.0 Å². The maximum atomic E-state index is 13.7. The Kier molecular flexibility index (Phi) is 5.25. The number of halogens is 3. The molecule has 1 unspecified atom stereocenters. The smallest absolute Gasteiger partial charge is 0.141 e. The highest BCUT2D eigenvalue weighted by Gasteiger charge is 2.19. The van der Waals surface area contributed by atoms with Crippen LogP contribution >= 0.6 is 27.5 Å². The van der Waals surface area contributed by atoms with Gasteiger partial charge in [0.05, 0.1) is 17.6 Å². The van der Waals surface area contributed by atoms with Crippen molar-refractivity contribution in [2.75, 3.05) is 14.2 Å². The van der Waals surface area contributed by atoms with Crippen LogP contribution in [0.3, 0.4) is 0 Å². The van der Waals surface area contributed by atoms with Gasteiger partial charge in [-0.15, -0.1) is 0 Å². The van der Waals surface area contributed by atoms with Crippen LogP contribution in [-0.4, -0.2) is 14.2 Å². The molecule has 0 radical (unpaired) electrons. The molecule has 0 saturated carbocycles. The first-order chi connectivity index (χ1) is 9.97. The number of rotatable bonds is 4. The van der Waals surface area contributed by atoms with E-state index in [1.165, 1.54) is 13.2 Å². The van der Waals surface area contributed by atoms with E-state index in [0.29, 0.717) is 15.2 Å². The van der Waals surface area contributed by atoms with E-state index in [0.717, 1.165) is 16.7 Å². The molecule has 2 aromatic carbocycles. The molecule has 0 aliphatic heterocycles. The minimum atomic E-state index is -0.354. The first kappa shape index (κ1) is 16.3. The van der Waals surface area contributed by atoms with Crippen molar-refractivity contribution in [2.24, 2.45) is 0 Å². The molecule has 0 aromatic heterocycles. The summed E-state index contributed by atoms with van der Waals surface area (Å²) in [5, 5.41) is 3.92. The summed E-state index contributed by atoms with van der Waals surface area (Å²) in [4.78, 5) is 0. The van der Waals surface area contributed by atoms with E-state index in [4.69, 9.17) is 16.3 Å². The molecule has 0 heterocycles. The molecule has 0 aliphatic carbocycles. The van der Waals surface area contributed by atoms with Crippen LogP contribution in [0.25, 0.3) is 0 Å². The number of aryl methyl sites for hydroxylation is 1. The second-order valence-corrected chi connectivity index (χ2v) is 6.00. The Labute approximate surface area is 137 Å². The predicted octanol–water partition coefficient (Wildman–Crippen LogP) is 4.87. The van der Waals surface area contributed by atoms with Crippen molar-refractivity contribution in [1.82, 2.24) is 5.32 Å². The molecule has 0 spiro atoms. The van der Waals surface area contributed by atoms with Crippen LogP contribution in [-0.2, 0) is 0 Å². The molecule has 112 valence electrons. The molecule has 0 saturated heterocycles. The first-order valence-corrected chi connectivity index (χ1v) is 7.61. The zero-order valence-electron chi connectivity index (χ0n) is 12.0. The third kappa shape index (κ3) is 3.39. The summed E-state index contributed by atoms with van der Waals surface area (Å²) in [7, 11) is 3.37. The predicted molar refractivity (Wildman–Crippen MR) is 87.7 cm³/mol. The van der Waals surface area contributed by atoms with Gasteiger partial charge in [0, 0.05) is 16.7 Å². The van der Waals surface area contributed by atoms with Crippen molar-refractivity contribution in [3.8, 4) is 5.75 Å². The summed E-state index contributed by atoms with van der Waals surface area (Å²) in [6.45, 7) is 1.95. The molecule has 0 amide bonds. The fourth-order valence-corrected chi connectivity index (χ4v) is 2.79. The van der Waals surface area contributed by atoms with Gasteiger partial charge >= 0.3 is 0 Å². The number of benzene rings is 2. The lowest BCUT2D eigenvalue weighted by Crippen LogP contribution is -2.18. The van der Waals surface area contributed by atoms with Crippen molar-refractivity contribution < 1.29 is 9.13 Å². The molecular weight excluding hydrogens is 357 g/mol. The highest BCUT2D eigenvalue weighted by Crippen LogP contribution is 2.35. The van der Waals surface area contributed by atoms with Crippen LogP contribution < -0.4 is 10.1 Å². The highest BCUT2D eigenvalue weighted by atomic mass is 79.9. The van der Waals surface area contributed by atoms with E-state index in [-0.39, 0.29) is 11.9 Å². The van der Waals surface area contributed by atoms with Gasteiger partial charge in [0.1, 0.15) is 11.6 Å². The third-order valence-corrected chi connectivity index (χ3v) is 4.42. The molecule has 5 heteroatoms. The van der Waals surface area contributed by atoms with Crippen LogP contribution in [0.15, 0.2) is 34.8 Å². The lowest BCUT2D eigenvalue weighted by molar-refractivity contribution is 0.401. The second-order valence-electron chi connectivity index (χ2n) is 4.74. The van der Waals surface area contributed by atoms with Gasteiger partial charge in [0.25, 0.3) is 0 Å². The lowest BCUT2D eigenvalue weighted by Gasteiger charge is -2.21. The fourth-order valence-electron chi connectivity index (χ4n) is 2.24. The fraction of sp³-hybridized carbons (Fsp3) is 0.250. The van der Waals surface area contributed by atoms with E-state index in [9.17, 15) is 4.39 Å². The first-order valence-electron chi connectivity index (χ1n) is 6.44. The molecule has 1 N–H and O–H groups in total. The Morgan fingerprint density at radius 1 is 1.29 bits per heavy atom. The molecule has 0 fully saturated rings. The second kappa shape index (κ2) is 6.77. The summed E-state index contributed by atoms with van der Waals surface area (Å²) in [5.74, 6) is 0.138. The summed E-state index contributed by atoms with van der Waals surface area (Å²) >= 11 is 9.43. The van der Waals surface area contributed by atoms with Gasteiger partial charge < -0.3 is 10.1 Å². The van der Waals surface area contributed by atoms with Crippen molar-refractivity contribution in [3.63, 3.8) is 0 Å². The average Bonchev–Trinajstić information content (AvgIpc) is 2.46. The average molecular weight is 373 g/mol. The van der Waals surface area contributed by atoms with Gasteiger partial charge in [-0.05, 0) is 53.2 Å². The Balaban J connectivity index is 2.55. The van der Waals surface area contributed by atoms with E-state index >= 15 is 0 Å². The Bertz CT molecular complexity index is 663. The molecule has 0 bridgehead atoms. The summed E-state index contributed by atoms with van der Waals surface area (Å²) < 4.78 is 19.4. The quantitative estimate of drug-likeness (QED) is 0.827. The minimum Gasteiger partial charge on any atom is -0.496 e. The third-order valence-electron chi connectivity index (χ3n) is 3.40. The summed E-state index contributed by atoms with van der Waals surface area (Å²) in [5.41, 5.74) is 2.85. The molecular formula is C16H16BrClFNO. The Morgan fingerprint density at radius 2 is 2.00 bits per heavy atom. The normalized spacial score (nSPS) is 12.3. The standard InChI is InChI=1S/C16H16BrClFNO/c1-9-4-5-10(6-13(9)18)16(20-2)11-7-12(17)14(19)8-15(11)21-3/h4-8,16,20H,1-3H3. The maximum absolute atomic E-state index is 13.7. The van der Waals surface area contributed by atoms with Gasteiger partial charge in [-0.1, -0.05) is 23.7 Å². The number of ether oxygens (including phenoxy) is 1. The van der Waals surface area contributed by atoms with Crippen molar-refractivity contribution in [1.29, 1.82) is 0 Å². The lowest BCUT2D eigenvalue weighted by atomic mass is 9.97. The van der Waals surface area contributed by atoms with Gasteiger partial charge in [-0.2, -0.15) is 0 Å². The van der Waals surface area contributed by atoms with Crippen molar-refractivity contribution >= 4 is 27.5 Å². The number of methoxy groups -OCH3 is 1. The topological polar surface area (TPSA) is 21.3 Å². The van der Waals surface area contributed by atoms with Crippen LogP contribution in [0.4, 0.5) is 4.39 Å². The zero-order valence-corrected chi connectivity index (χ0v) is 14.3. The van der Waals surface area contributed by atoms with Crippen molar-refractivity contribution in [3.05, 3.63) is 62.3 Å². The van der Waals surface area contributed by atoms with E-state index in [2.05, 4.69) is 21.2 Å². The van der Waals surface area contributed by atoms with Crippen LogP contribution in [0, 0.1) is 12.7 Å². The zero-order chi connectivity index (χ0) is 15.6. The monoisotopic (exact) mass is 371 g/mol. The number of hydrogen-bond donors (Lipinski definition) is 1. The van der Waals surface area contributed by atoms with E-state index < -0.39 is 0 Å². The Morgan fingerprint density at radius 3 is 2.57 bits per heavy atom. The van der Waals surface area contributed by atoms with Gasteiger partial charge in [0.2, 0.25) is 0 Å². The van der Waals surface area contributed by atoms with Gasteiger partial charge in [0.15, 0.2) is 0 Å². The molecule has 2 rings (SSSR count). The SMILES string of the molecule is CNC(c1ccc(C)c(Cl)c1)c1cc(Br)c(F)cc1OC. The summed E-state index contributed by atoms with van der Waals surface area (Å²) in [6, 6.07) is 8.83. The number of nitrogens with one attached hydrogen (secondary N) is 1. The maximum Gasteiger partial charge on any atom is 0.141 e. The molecule has 0 aliphatic rings. The van der Waals surface area contributed by atoms with Crippen LogP contribution in [0.1, 0.15) is 22.7 Å². The van der Waals surface area contributed by atoms with Gasteiger partial charge in [-0.3, -0.25) is 0 Å². The van der Waals surface area contributed by atoms with Gasteiger partial charge in [-0.25, -0.2) is 4.39 Å². The molecule has 21 heavy (non-hydrogen) atoms. The molecule has 1 atom stereocenters. The molecule has 2 aromatic rings. The summed E-state index contributed by atoms with van der Waals surface area (Å²) in [6.07, 6.45) is 0.